The van der Waals surface area contributed by atoms with E-state index in [0.717, 1.165) is 5.56 Å². The minimum Gasteiger partial charge on any atom is -0.386 e. The van der Waals surface area contributed by atoms with Gasteiger partial charge in [-0.25, -0.2) is 0 Å². The van der Waals surface area contributed by atoms with Gasteiger partial charge in [0.2, 0.25) is 5.91 Å². The lowest BCUT2D eigenvalue weighted by molar-refractivity contribution is -0.117. The zero-order valence-corrected chi connectivity index (χ0v) is 10.1. The van der Waals surface area contributed by atoms with Gasteiger partial charge in [-0.05, 0) is 11.6 Å². The molecule has 2 rings (SSSR count). The average molecular weight is 247 g/mol. The Bertz CT molecular complexity index is 422. The number of amides is 1. The highest BCUT2D eigenvalue weighted by molar-refractivity contribution is 5.91. The van der Waals surface area contributed by atoms with Crippen molar-refractivity contribution in [2.24, 2.45) is 0 Å². The van der Waals surface area contributed by atoms with Gasteiger partial charge >= 0.3 is 0 Å². The molecule has 1 aliphatic heterocycles. The van der Waals surface area contributed by atoms with Crippen molar-refractivity contribution in [3.8, 4) is 0 Å². The summed E-state index contributed by atoms with van der Waals surface area (Å²) >= 11 is 0. The van der Waals surface area contributed by atoms with E-state index in [1.165, 1.54) is 6.08 Å². The summed E-state index contributed by atoms with van der Waals surface area (Å²) in [5.74, 6) is -0.209. The van der Waals surface area contributed by atoms with Crippen LogP contribution in [0.5, 0.6) is 0 Å². The van der Waals surface area contributed by atoms with Crippen molar-refractivity contribution >= 4 is 12.0 Å². The first kappa shape index (κ1) is 12.8. The van der Waals surface area contributed by atoms with Crippen LogP contribution in [0.1, 0.15) is 12.0 Å². The van der Waals surface area contributed by atoms with E-state index in [0.29, 0.717) is 13.0 Å². The first-order valence-electron chi connectivity index (χ1n) is 5.99. The molecular weight excluding hydrogens is 230 g/mol. The summed E-state index contributed by atoms with van der Waals surface area (Å²) in [5.41, 5.74) is 0.0616. The van der Waals surface area contributed by atoms with Crippen LogP contribution in [0.3, 0.4) is 0 Å². The predicted molar refractivity (Wildman–Crippen MR) is 68.9 cm³/mol. The lowest BCUT2D eigenvalue weighted by Crippen LogP contribution is -2.42. The Labute approximate surface area is 106 Å². The monoisotopic (exact) mass is 247 g/mol. The van der Waals surface area contributed by atoms with Crippen molar-refractivity contribution in [1.29, 1.82) is 0 Å². The topological polar surface area (TPSA) is 58.6 Å². The van der Waals surface area contributed by atoms with E-state index >= 15 is 0 Å². The molecule has 4 heteroatoms. The van der Waals surface area contributed by atoms with E-state index in [9.17, 15) is 9.90 Å². The first-order chi connectivity index (χ1) is 8.68. The number of hydrogen-bond donors (Lipinski definition) is 2. The van der Waals surface area contributed by atoms with Gasteiger partial charge in [0.05, 0.1) is 6.61 Å². The first-order valence-corrected chi connectivity index (χ1v) is 5.99. The van der Waals surface area contributed by atoms with Crippen molar-refractivity contribution < 1.29 is 14.6 Å². The lowest BCUT2D eigenvalue weighted by Gasteiger charge is -2.19. The third-order valence-corrected chi connectivity index (χ3v) is 2.90. The quantitative estimate of drug-likeness (QED) is 0.779. The van der Waals surface area contributed by atoms with Crippen LogP contribution in [0.4, 0.5) is 0 Å². The van der Waals surface area contributed by atoms with E-state index in [1.807, 2.05) is 30.3 Å². The second kappa shape index (κ2) is 5.80. The molecule has 1 aromatic rings. The summed E-state index contributed by atoms with van der Waals surface area (Å²) in [6, 6.07) is 9.59. The van der Waals surface area contributed by atoms with Crippen LogP contribution < -0.4 is 5.32 Å². The maximum Gasteiger partial charge on any atom is 0.244 e. The van der Waals surface area contributed by atoms with E-state index < -0.39 is 5.60 Å². The molecule has 1 aliphatic rings. The third-order valence-electron chi connectivity index (χ3n) is 2.90. The summed E-state index contributed by atoms with van der Waals surface area (Å²) in [4.78, 5) is 11.6. The fraction of sp³-hybridized carbons (Fsp3) is 0.357. The van der Waals surface area contributed by atoms with Crippen LogP contribution >= 0.6 is 0 Å². The van der Waals surface area contributed by atoms with Crippen molar-refractivity contribution in [3.05, 3.63) is 42.0 Å². The van der Waals surface area contributed by atoms with Crippen molar-refractivity contribution in [3.63, 3.8) is 0 Å². The minimum absolute atomic E-state index is 0.209. The Hall–Kier alpha value is -1.65. The Balaban J connectivity index is 1.80. The number of nitrogens with one attached hydrogen (secondary N) is 1. The van der Waals surface area contributed by atoms with E-state index in [1.54, 1.807) is 6.08 Å². The SMILES string of the molecule is O=C(/C=C/c1ccccc1)NCC1(O)CCOC1. The Morgan fingerprint density at radius 3 is 2.89 bits per heavy atom. The van der Waals surface area contributed by atoms with E-state index in [4.69, 9.17) is 4.74 Å². The van der Waals surface area contributed by atoms with Crippen LogP contribution in [-0.4, -0.2) is 36.4 Å². The second-order valence-electron chi connectivity index (χ2n) is 4.49. The van der Waals surface area contributed by atoms with Gasteiger partial charge in [-0.3, -0.25) is 4.79 Å². The molecule has 18 heavy (non-hydrogen) atoms. The number of benzene rings is 1. The molecule has 0 saturated carbocycles. The highest BCUT2D eigenvalue weighted by atomic mass is 16.5. The summed E-state index contributed by atoms with van der Waals surface area (Å²) in [6.07, 6.45) is 3.77. The molecule has 1 fully saturated rings. The summed E-state index contributed by atoms with van der Waals surface area (Å²) < 4.78 is 5.10. The van der Waals surface area contributed by atoms with Crippen LogP contribution in [0, 0.1) is 0 Å². The summed E-state index contributed by atoms with van der Waals surface area (Å²) in [7, 11) is 0. The van der Waals surface area contributed by atoms with Gasteiger partial charge in [-0.1, -0.05) is 30.3 Å². The molecular formula is C14H17NO3. The maximum absolute atomic E-state index is 11.6. The Morgan fingerprint density at radius 2 is 2.22 bits per heavy atom. The van der Waals surface area contributed by atoms with Crippen LogP contribution in [-0.2, 0) is 9.53 Å². The molecule has 0 bridgehead atoms. The second-order valence-corrected chi connectivity index (χ2v) is 4.49. The number of carbonyl (C=O) groups is 1. The highest BCUT2D eigenvalue weighted by Gasteiger charge is 2.32. The number of ether oxygens (including phenoxy) is 1. The number of carbonyl (C=O) groups excluding carboxylic acids is 1. The fourth-order valence-electron chi connectivity index (χ4n) is 1.78. The fourth-order valence-corrected chi connectivity index (χ4v) is 1.78. The summed E-state index contributed by atoms with van der Waals surface area (Å²) in [5, 5.41) is 12.6. The molecule has 96 valence electrons. The molecule has 1 atom stereocenters. The molecule has 1 amide bonds. The molecule has 0 spiro atoms. The van der Waals surface area contributed by atoms with Gasteiger partial charge in [0, 0.05) is 25.6 Å². The lowest BCUT2D eigenvalue weighted by atomic mass is 10.0. The zero-order valence-electron chi connectivity index (χ0n) is 10.1. The number of hydrogen-bond acceptors (Lipinski definition) is 3. The predicted octanol–water partition coefficient (Wildman–Crippen LogP) is 0.967. The van der Waals surface area contributed by atoms with Crippen LogP contribution in [0.15, 0.2) is 36.4 Å². The molecule has 0 aromatic heterocycles. The van der Waals surface area contributed by atoms with E-state index in [2.05, 4.69) is 5.32 Å². The Morgan fingerprint density at radius 1 is 1.44 bits per heavy atom. The molecule has 2 N–H and O–H groups in total. The van der Waals surface area contributed by atoms with Crippen molar-refractivity contribution in [2.75, 3.05) is 19.8 Å². The number of aliphatic hydroxyl groups is 1. The van der Waals surface area contributed by atoms with E-state index in [-0.39, 0.29) is 19.1 Å². The third kappa shape index (κ3) is 3.68. The zero-order chi connectivity index (χ0) is 12.8. The standard InChI is InChI=1S/C14H17NO3/c16-13(7-6-12-4-2-1-3-5-12)15-10-14(17)8-9-18-11-14/h1-7,17H,8-11H2,(H,15,16)/b7-6+. The molecule has 4 nitrogen and oxygen atoms in total. The molecule has 0 aliphatic carbocycles. The van der Waals surface area contributed by atoms with Gasteiger partial charge in [-0.2, -0.15) is 0 Å². The van der Waals surface area contributed by atoms with Gasteiger partial charge in [0.1, 0.15) is 5.60 Å². The molecule has 1 aromatic carbocycles. The number of rotatable bonds is 4. The highest BCUT2D eigenvalue weighted by Crippen LogP contribution is 2.16. The largest absolute Gasteiger partial charge is 0.386 e. The van der Waals surface area contributed by atoms with Gasteiger partial charge in [0.15, 0.2) is 0 Å². The normalized spacial score (nSPS) is 23.4. The molecule has 1 heterocycles. The maximum atomic E-state index is 11.6. The Kier molecular flexibility index (Phi) is 4.12. The molecule has 0 radical (unpaired) electrons. The van der Waals surface area contributed by atoms with Gasteiger partial charge < -0.3 is 15.2 Å². The van der Waals surface area contributed by atoms with Gasteiger partial charge in [0.25, 0.3) is 0 Å². The molecule has 1 saturated heterocycles. The smallest absolute Gasteiger partial charge is 0.244 e. The molecule has 1 unspecified atom stereocenters. The van der Waals surface area contributed by atoms with Crippen LogP contribution in [0.2, 0.25) is 0 Å². The summed E-state index contributed by atoms with van der Waals surface area (Å²) in [6.45, 7) is 1.06. The van der Waals surface area contributed by atoms with Crippen molar-refractivity contribution in [1.82, 2.24) is 5.32 Å². The average Bonchev–Trinajstić information content (AvgIpc) is 2.83. The van der Waals surface area contributed by atoms with Crippen LogP contribution in [0.25, 0.3) is 6.08 Å². The minimum atomic E-state index is -0.907. The van der Waals surface area contributed by atoms with Crippen molar-refractivity contribution in [2.45, 2.75) is 12.0 Å². The van der Waals surface area contributed by atoms with Gasteiger partial charge in [-0.15, -0.1) is 0 Å².